The molecular weight excluding hydrogens is 532 g/mol. The first-order chi connectivity index (χ1) is 20.1. The van der Waals surface area contributed by atoms with E-state index in [9.17, 15) is 14.7 Å². The zero-order valence-electron chi connectivity index (χ0n) is 27.7. The molecular formula is C39H54O4. The second-order valence-corrected chi connectivity index (χ2v) is 17.2. The molecule has 1 N–H and O–H groups in total. The summed E-state index contributed by atoms with van der Waals surface area (Å²) in [4.78, 5) is 25.9. The first kappa shape index (κ1) is 30.7. The minimum Gasteiger partial charge on any atom is -0.481 e. The molecule has 4 fully saturated rings. The van der Waals surface area contributed by atoms with E-state index in [0.717, 1.165) is 69.8 Å². The van der Waals surface area contributed by atoms with Crippen molar-refractivity contribution < 1.29 is 19.4 Å². The number of aliphatic carboxylic acids is 1. The Morgan fingerprint density at radius 2 is 1.56 bits per heavy atom. The van der Waals surface area contributed by atoms with Crippen molar-refractivity contribution in [2.45, 2.75) is 119 Å². The molecule has 6 rings (SSSR count). The summed E-state index contributed by atoms with van der Waals surface area (Å²) < 4.78 is 6.21. The highest BCUT2D eigenvalue weighted by Gasteiger charge is 2.69. The van der Waals surface area contributed by atoms with Crippen LogP contribution in [-0.4, -0.2) is 23.1 Å². The number of carbonyl (C=O) groups is 2. The molecule has 4 saturated carbocycles. The van der Waals surface area contributed by atoms with Gasteiger partial charge in [-0.25, -0.2) is 4.79 Å². The summed E-state index contributed by atoms with van der Waals surface area (Å²) in [6, 6.07) is 9.91. The predicted molar refractivity (Wildman–Crippen MR) is 172 cm³/mol. The molecule has 0 aromatic heterocycles. The van der Waals surface area contributed by atoms with Crippen molar-refractivity contribution in [3.63, 3.8) is 0 Å². The van der Waals surface area contributed by atoms with E-state index >= 15 is 0 Å². The van der Waals surface area contributed by atoms with Gasteiger partial charge in [0.25, 0.3) is 0 Å². The zero-order valence-corrected chi connectivity index (χ0v) is 27.7. The number of ether oxygens (including phenoxy) is 1. The minimum absolute atomic E-state index is 0.0244. The SMILES string of the molecule is CC1(C)CC[C@]2(C(=O)O)CC[C@]3(C)C(=CC[C@@H]4[C@@]5(C)CC[C@H](OC(=O)/C=C/c6ccccc6)C(C)(C)[C@@H]5CC[C@]43C)[C@H]2C1. The summed E-state index contributed by atoms with van der Waals surface area (Å²) in [6.45, 7) is 17.0. The van der Waals surface area contributed by atoms with E-state index in [1.807, 2.05) is 36.4 Å². The highest BCUT2D eigenvalue weighted by molar-refractivity contribution is 5.87. The second-order valence-electron chi connectivity index (χ2n) is 17.2. The maximum absolute atomic E-state index is 13.0. The Morgan fingerprint density at radius 3 is 2.26 bits per heavy atom. The number of carbonyl (C=O) groups excluding carboxylic acids is 1. The van der Waals surface area contributed by atoms with Gasteiger partial charge in [-0.3, -0.25) is 4.79 Å². The van der Waals surface area contributed by atoms with Gasteiger partial charge in [0, 0.05) is 11.5 Å². The number of carboxylic acid groups (broad SMARTS) is 1. The molecule has 0 radical (unpaired) electrons. The summed E-state index contributed by atoms with van der Waals surface area (Å²) >= 11 is 0. The molecule has 8 atom stereocenters. The van der Waals surface area contributed by atoms with Gasteiger partial charge < -0.3 is 9.84 Å². The van der Waals surface area contributed by atoms with E-state index < -0.39 is 11.4 Å². The van der Waals surface area contributed by atoms with Crippen LogP contribution in [0.4, 0.5) is 0 Å². The Kier molecular flexibility index (Phi) is 7.18. The van der Waals surface area contributed by atoms with Gasteiger partial charge in [-0.2, -0.15) is 0 Å². The molecule has 5 aliphatic rings. The van der Waals surface area contributed by atoms with Crippen LogP contribution in [0, 0.1) is 50.2 Å². The van der Waals surface area contributed by atoms with E-state index in [1.54, 1.807) is 6.08 Å². The Balaban J connectivity index is 1.27. The first-order valence-electron chi connectivity index (χ1n) is 17.0. The Labute approximate surface area is 259 Å². The van der Waals surface area contributed by atoms with Gasteiger partial charge in [0.1, 0.15) is 6.10 Å². The molecule has 234 valence electrons. The molecule has 0 bridgehead atoms. The van der Waals surface area contributed by atoms with Crippen LogP contribution in [0.1, 0.15) is 118 Å². The molecule has 1 aromatic carbocycles. The first-order valence-corrected chi connectivity index (χ1v) is 17.0. The lowest BCUT2D eigenvalue weighted by Gasteiger charge is -2.71. The number of esters is 1. The van der Waals surface area contributed by atoms with Gasteiger partial charge in [0.05, 0.1) is 5.41 Å². The fourth-order valence-electron chi connectivity index (χ4n) is 11.7. The lowest BCUT2D eigenvalue weighted by atomic mass is 9.33. The number of benzene rings is 1. The third kappa shape index (κ3) is 4.51. The fraction of sp³-hybridized carbons (Fsp3) is 0.692. The molecule has 43 heavy (non-hydrogen) atoms. The van der Waals surface area contributed by atoms with Crippen LogP contribution in [0.5, 0.6) is 0 Å². The standard InChI is InChI=1S/C39H54O4/c1-34(2)21-23-39(33(41)42)24-22-37(6)27(28(39)25-34)14-15-30-36(5)19-18-31(35(3,4)29(36)17-20-38(30,37)7)43-32(40)16-13-26-11-9-8-10-12-26/h8-14,16,28-31H,15,17-25H2,1-7H3,(H,41,42)/b16-13+/t28-,29+,30-,31+,36+,37-,38-,39+/m1/s1. The number of allylic oxidation sites excluding steroid dienone is 2. The van der Waals surface area contributed by atoms with E-state index in [0.29, 0.717) is 11.8 Å². The van der Waals surface area contributed by atoms with Gasteiger partial charge in [0.2, 0.25) is 0 Å². The number of rotatable bonds is 4. The third-order valence-electron chi connectivity index (χ3n) is 14.5. The molecule has 1 aromatic rings. The number of fused-ring (bicyclic) bond motifs is 7. The molecule has 0 heterocycles. The number of carboxylic acids is 1. The van der Waals surface area contributed by atoms with E-state index in [2.05, 4.69) is 54.5 Å². The van der Waals surface area contributed by atoms with Crippen molar-refractivity contribution in [3.05, 3.63) is 53.6 Å². The molecule has 0 saturated heterocycles. The van der Waals surface area contributed by atoms with Gasteiger partial charge in [-0.05, 0) is 115 Å². The Morgan fingerprint density at radius 1 is 0.860 bits per heavy atom. The molecule has 0 amide bonds. The van der Waals surface area contributed by atoms with Crippen LogP contribution in [0.2, 0.25) is 0 Å². The molecule has 4 nitrogen and oxygen atoms in total. The van der Waals surface area contributed by atoms with Crippen molar-refractivity contribution in [2.75, 3.05) is 0 Å². The maximum Gasteiger partial charge on any atom is 0.331 e. The molecule has 0 spiro atoms. The summed E-state index contributed by atoms with van der Waals surface area (Å²) in [7, 11) is 0. The number of hydrogen-bond acceptors (Lipinski definition) is 3. The van der Waals surface area contributed by atoms with Gasteiger partial charge in [-0.15, -0.1) is 0 Å². The minimum atomic E-state index is -0.593. The Hall–Kier alpha value is -2.36. The Bertz CT molecular complexity index is 1340. The highest BCUT2D eigenvalue weighted by atomic mass is 16.5. The van der Waals surface area contributed by atoms with Crippen molar-refractivity contribution in [1.82, 2.24) is 0 Å². The van der Waals surface area contributed by atoms with Crippen LogP contribution in [0.15, 0.2) is 48.1 Å². The smallest absolute Gasteiger partial charge is 0.331 e. The lowest BCUT2D eigenvalue weighted by molar-refractivity contribution is -0.212. The number of hydrogen-bond donors (Lipinski definition) is 1. The van der Waals surface area contributed by atoms with Crippen LogP contribution >= 0.6 is 0 Å². The molecule has 4 heteroatoms. The largest absolute Gasteiger partial charge is 0.481 e. The monoisotopic (exact) mass is 586 g/mol. The molecule has 0 unspecified atom stereocenters. The van der Waals surface area contributed by atoms with Crippen molar-refractivity contribution in [3.8, 4) is 0 Å². The second kappa shape index (κ2) is 10.1. The summed E-state index contributed by atoms with van der Waals surface area (Å²) in [5.41, 5.74) is 2.26. The van der Waals surface area contributed by atoms with Crippen molar-refractivity contribution in [2.24, 2.45) is 50.2 Å². The quantitative estimate of drug-likeness (QED) is 0.217. The normalized spacial score (nSPS) is 42.9. The molecule has 0 aliphatic heterocycles. The van der Waals surface area contributed by atoms with Crippen LogP contribution < -0.4 is 0 Å². The van der Waals surface area contributed by atoms with E-state index in [1.165, 1.54) is 5.57 Å². The van der Waals surface area contributed by atoms with Crippen LogP contribution in [0.3, 0.4) is 0 Å². The summed E-state index contributed by atoms with van der Waals surface area (Å²) in [5.74, 6) is 0.342. The van der Waals surface area contributed by atoms with E-state index in [4.69, 9.17) is 4.74 Å². The average molecular weight is 587 g/mol. The molecule has 5 aliphatic carbocycles. The topological polar surface area (TPSA) is 63.6 Å². The van der Waals surface area contributed by atoms with Gasteiger partial charge >= 0.3 is 11.9 Å². The zero-order chi connectivity index (χ0) is 31.1. The van der Waals surface area contributed by atoms with Crippen LogP contribution in [0.25, 0.3) is 6.08 Å². The van der Waals surface area contributed by atoms with E-state index in [-0.39, 0.29) is 45.1 Å². The third-order valence-corrected chi connectivity index (χ3v) is 14.5. The highest BCUT2D eigenvalue weighted by Crippen LogP contribution is 2.75. The van der Waals surface area contributed by atoms with Gasteiger partial charge in [0.15, 0.2) is 0 Å². The van der Waals surface area contributed by atoms with Crippen molar-refractivity contribution >= 4 is 18.0 Å². The van der Waals surface area contributed by atoms with Crippen LogP contribution in [-0.2, 0) is 14.3 Å². The van der Waals surface area contributed by atoms with Crippen molar-refractivity contribution in [1.29, 1.82) is 0 Å². The fourth-order valence-corrected chi connectivity index (χ4v) is 11.7. The lowest BCUT2D eigenvalue weighted by Crippen LogP contribution is -2.65. The predicted octanol–water partition coefficient (Wildman–Crippen LogP) is 9.50. The average Bonchev–Trinajstić information content (AvgIpc) is 2.94. The summed E-state index contributed by atoms with van der Waals surface area (Å²) in [6.07, 6.45) is 15.8. The summed E-state index contributed by atoms with van der Waals surface area (Å²) in [5, 5.41) is 10.6. The van der Waals surface area contributed by atoms with Gasteiger partial charge in [-0.1, -0.05) is 90.4 Å². The maximum atomic E-state index is 13.0.